The lowest BCUT2D eigenvalue weighted by atomic mass is 10.2. The lowest BCUT2D eigenvalue weighted by Crippen LogP contribution is -2.52. The SMILES string of the molecule is CCNC(=NCc1ccc(N2CCNC(=O)C2)cc1)N1CCN(c2ccccc2F)CC1. The maximum atomic E-state index is 14.1. The lowest BCUT2D eigenvalue weighted by molar-refractivity contribution is -0.120. The number of aliphatic imine (C=N–C) groups is 1. The van der Waals surface area contributed by atoms with E-state index in [1.165, 1.54) is 6.07 Å². The molecule has 2 aromatic rings. The normalized spacial score (nSPS) is 17.4. The zero-order valence-electron chi connectivity index (χ0n) is 18.6. The highest BCUT2D eigenvalue weighted by Gasteiger charge is 2.21. The third kappa shape index (κ3) is 5.30. The molecular formula is C24H31FN6O. The summed E-state index contributed by atoms with van der Waals surface area (Å²) in [5.74, 6) is 0.780. The quantitative estimate of drug-likeness (QED) is 0.553. The van der Waals surface area contributed by atoms with Crippen molar-refractivity contribution < 1.29 is 9.18 Å². The van der Waals surface area contributed by atoms with Gasteiger partial charge in [0.15, 0.2) is 5.96 Å². The van der Waals surface area contributed by atoms with Crippen LogP contribution >= 0.6 is 0 Å². The summed E-state index contributed by atoms with van der Waals surface area (Å²) in [5.41, 5.74) is 2.85. The predicted molar refractivity (Wildman–Crippen MR) is 127 cm³/mol. The zero-order valence-corrected chi connectivity index (χ0v) is 18.6. The molecule has 0 spiro atoms. The third-order valence-corrected chi connectivity index (χ3v) is 5.86. The molecule has 0 aliphatic carbocycles. The van der Waals surface area contributed by atoms with Crippen LogP contribution in [-0.2, 0) is 11.3 Å². The highest BCUT2D eigenvalue weighted by atomic mass is 19.1. The Morgan fingerprint density at radius 1 is 1.03 bits per heavy atom. The number of hydrogen-bond acceptors (Lipinski definition) is 4. The predicted octanol–water partition coefficient (Wildman–Crippen LogP) is 2.05. The number of piperazine rings is 2. The van der Waals surface area contributed by atoms with Crippen LogP contribution in [-0.4, -0.2) is 69.1 Å². The van der Waals surface area contributed by atoms with Gasteiger partial charge in [-0.2, -0.15) is 0 Å². The molecule has 0 unspecified atom stereocenters. The largest absolute Gasteiger partial charge is 0.366 e. The Hall–Kier alpha value is -3.29. The standard InChI is InChI=1S/C24H31FN6O/c1-2-26-24(30-15-13-29(14-16-30)22-6-4-3-5-21(22)25)28-17-19-7-9-20(10-8-19)31-12-11-27-23(32)18-31/h3-10H,2,11-18H2,1H3,(H,26,28)(H,27,32). The first-order valence-corrected chi connectivity index (χ1v) is 11.3. The van der Waals surface area contributed by atoms with E-state index in [4.69, 9.17) is 4.99 Å². The van der Waals surface area contributed by atoms with E-state index in [1.807, 2.05) is 12.1 Å². The molecule has 0 radical (unpaired) electrons. The van der Waals surface area contributed by atoms with Crippen molar-refractivity contribution in [1.82, 2.24) is 15.5 Å². The zero-order chi connectivity index (χ0) is 22.3. The van der Waals surface area contributed by atoms with Gasteiger partial charge in [-0.1, -0.05) is 24.3 Å². The number of para-hydroxylation sites is 1. The fourth-order valence-corrected chi connectivity index (χ4v) is 4.13. The van der Waals surface area contributed by atoms with Crippen molar-refractivity contribution in [3.8, 4) is 0 Å². The van der Waals surface area contributed by atoms with E-state index in [-0.39, 0.29) is 11.7 Å². The minimum Gasteiger partial charge on any atom is -0.366 e. The number of amides is 1. The van der Waals surface area contributed by atoms with Crippen LogP contribution in [0.5, 0.6) is 0 Å². The number of halogens is 1. The Balaban J connectivity index is 1.36. The highest BCUT2D eigenvalue weighted by Crippen LogP contribution is 2.20. The maximum Gasteiger partial charge on any atom is 0.239 e. The fraction of sp³-hybridized carbons (Fsp3) is 0.417. The summed E-state index contributed by atoms with van der Waals surface area (Å²) in [6, 6.07) is 15.2. The first-order chi connectivity index (χ1) is 15.6. The molecule has 2 heterocycles. The number of hydrogen-bond donors (Lipinski definition) is 2. The number of carbonyl (C=O) groups excluding carboxylic acids is 1. The van der Waals surface area contributed by atoms with Gasteiger partial charge < -0.3 is 25.3 Å². The van der Waals surface area contributed by atoms with Crippen LogP contribution < -0.4 is 20.4 Å². The topological polar surface area (TPSA) is 63.2 Å². The first-order valence-electron chi connectivity index (χ1n) is 11.3. The third-order valence-electron chi connectivity index (χ3n) is 5.86. The second kappa shape index (κ2) is 10.3. The molecule has 0 bridgehead atoms. The highest BCUT2D eigenvalue weighted by molar-refractivity contribution is 5.82. The van der Waals surface area contributed by atoms with E-state index >= 15 is 0 Å². The average molecular weight is 439 g/mol. The number of guanidine groups is 1. The molecular weight excluding hydrogens is 407 g/mol. The number of benzene rings is 2. The van der Waals surface area contributed by atoms with E-state index in [1.54, 1.807) is 6.07 Å². The number of nitrogens with one attached hydrogen (secondary N) is 2. The van der Waals surface area contributed by atoms with Crippen LogP contribution in [0, 0.1) is 5.82 Å². The Morgan fingerprint density at radius 2 is 1.78 bits per heavy atom. The van der Waals surface area contributed by atoms with Crippen LogP contribution in [0.1, 0.15) is 12.5 Å². The Morgan fingerprint density at radius 3 is 2.47 bits per heavy atom. The van der Waals surface area contributed by atoms with Crippen molar-refractivity contribution in [2.45, 2.75) is 13.5 Å². The van der Waals surface area contributed by atoms with Crippen molar-refractivity contribution in [1.29, 1.82) is 0 Å². The van der Waals surface area contributed by atoms with Crippen LogP contribution in [0.15, 0.2) is 53.5 Å². The molecule has 0 atom stereocenters. The van der Waals surface area contributed by atoms with Gasteiger partial charge in [0.25, 0.3) is 0 Å². The molecule has 0 saturated carbocycles. The van der Waals surface area contributed by atoms with Gasteiger partial charge in [-0.3, -0.25) is 4.79 Å². The minimum atomic E-state index is -0.171. The first kappa shape index (κ1) is 21.9. The van der Waals surface area contributed by atoms with Crippen LogP contribution in [0.25, 0.3) is 0 Å². The Labute approximate surface area is 188 Å². The summed E-state index contributed by atoms with van der Waals surface area (Å²) >= 11 is 0. The second-order valence-electron chi connectivity index (χ2n) is 8.03. The summed E-state index contributed by atoms with van der Waals surface area (Å²) in [6.45, 7) is 8.43. The number of carbonyl (C=O) groups is 1. The van der Waals surface area contributed by atoms with Crippen molar-refractivity contribution >= 4 is 23.2 Å². The summed E-state index contributed by atoms with van der Waals surface area (Å²) in [7, 11) is 0. The van der Waals surface area contributed by atoms with E-state index in [9.17, 15) is 9.18 Å². The van der Waals surface area contributed by atoms with Crippen molar-refractivity contribution in [3.05, 3.63) is 59.9 Å². The smallest absolute Gasteiger partial charge is 0.239 e. The fourth-order valence-electron chi connectivity index (χ4n) is 4.13. The molecule has 170 valence electrons. The lowest BCUT2D eigenvalue weighted by Gasteiger charge is -2.37. The molecule has 1 amide bonds. The summed E-state index contributed by atoms with van der Waals surface area (Å²) < 4.78 is 14.1. The van der Waals surface area contributed by atoms with Gasteiger partial charge in [-0.15, -0.1) is 0 Å². The summed E-state index contributed by atoms with van der Waals surface area (Å²) in [5, 5.41) is 6.24. The molecule has 2 aromatic carbocycles. The van der Waals surface area contributed by atoms with Crippen molar-refractivity contribution in [2.24, 2.45) is 4.99 Å². The molecule has 7 nitrogen and oxygen atoms in total. The van der Waals surface area contributed by atoms with E-state index < -0.39 is 0 Å². The molecule has 2 aliphatic heterocycles. The van der Waals surface area contributed by atoms with Gasteiger partial charge in [0, 0.05) is 51.5 Å². The van der Waals surface area contributed by atoms with E-state index in [0.717, 1.165) is 56.5 Å². The molecule has 2 saturated heterocycles. The molecule has 2 N–H and O–H groups in total. The van der Waals surface area contributed by atoms with Gasteiger partial charge in [0.05, 0.1) is 18.8 Å². The molecule has 0 aromatic heterocycles. The van der Waals surface area contributed by atoms with E-state index in [0.29, 0.717) is 25.3 Å². The average Bonchev–Trinajstić information content (AvgIpc) is 2.83. The number of nitrogens with zero attached hydrogens (tertiary/aromatic N) is 4. The molecule has 2 aliphatic rings. The maximum absolute atomic E-state index is 14.1. The minimum absolute atomic E-state index is 0.0651. The van der Waals surface area contributed by atoms with E-state index in [2.05, 4.69) is 56.5 Å². The molecule has 4 rings (SSSR count). The molecule has 2 fully saturated rings. The van der Waals surface area contributed by atoms with Crippen LogP contribution in [0.4, 0.5) is 15.8 Å². The number of rotatable bonds is 5. The second-order valence-corrected chi connectivity index (χ2v) is 8.03. The summed E-state index contributed by atoms with van der Waals surface area (Å²) in [6.07, 6.45) is 0. The van der Waals surface area contributed by atoms with Crippen LogP contribution in [0.2, 0.25) is 0 Å². The molecule has 32 heavy (non-hydrogen) atoms. The van der Waals surface area contributed by atoms with Gasteiger partial charge in [-0.25, -0.2) is 9.38 Å². The molecule has 8 heteroatoms. The van der Waals surface area contributed by atoms with Gasteiger partial charge in [0.1, 0.15) is 5.82 Å². The number of anilines is 2. The van der Waals surface area contributed by atoms with Gasteiger partial charge >= 0.3 is 0 Å². The van der Waals surface area contributed by atoms with Crippen LogP contribution in [0.3, 0.4) is 0 Å². The Bertz CT molecular complexity index is 940. The monoisotopic (exact) mass is 438 g/mol. The van der Waals surface area contributed by atoms with Gasteiger partial charge in [0.2, 0.25) is 5.91 Å². The van der Waals surface area contributed by atoms with Crippen molar-refractivity contribution in [3.63, 3.8) is 0 Å². The Kier molecular flexibility index (Phi) is 7.09. The van der Waals surface area contributed by atoms with Crippen molar-refractivity contribution in [2.75, 3.05) is 62.2 Å². The summed E-state index contributed by atoms with van der Waals surface area (Å²) in [4.78, 5) is 22.9. The van der Waals surface area contributed by atoms with Gasteiger partial charge in [-0.05, 0) is 36.8 Å².